The van der Waals surface area contributed by atoms with Crippen LogP contribution in [0.4, 0.5) is 28.8 Å². The van der Waals surface area contributed by atoms with E-state index in [-0.39, 0.29) is 11.8 Å². The van der Waals surface area contributed by atoms with Crippen LogP contribution in [0.5, 0.6) is 0 Å². The fourth-order valence-electron chi connectivity index (χ4n) is 3.05. The number of carbonyl (C=O) groups excluding carboxylic acids is 1. The quantitative estimate of drug-likeness (QED) is 0.261. The monoisotopic (exact) mass is 555 g/mol. The second kappa shape index (κ2) is 9.17. The average Bonchev–Trinajstić information content (AvgIpc) is 3.52. The van der Waals surface area contributed by atoms with Gasteiger partial charge in [-0.05, 0) is 71.8 Å². The first-order valence-corrected chi connectivity index (χ1v) is 11.9. The van der Waals surface area contributed by atoms with E-state index in [2.05, 4.69) is 58.7 Å². The number of aromatic nitrogens is 4. The number of nitrogens with zero attached hydrogens (tertiary/aromatic N) is 4. The van der Waals surface area contributed by atoms with Crippen LogP contribution < -0.4 is 16.0 Å². The third kappa shape index (κ3) is 4.86. The molecule has 5 rings (SSSR count). The number of hydrogen-bond donors (Lipinski definition) is 3. The summed E-state index contributed by atoms with van der Waals surface area (Å²) in [6, 6.07) is 15.5. The molecule has 32 heavy (non-hydrogen) atoms. The number of rotatable bonds is 7. The molecule has 1 saturated carbocycles. The third-order valence-corrected chi connectivity index (χ3v) is 6.41. The first kappa shape index (κ1) is 20.8. The van der Waals surface area contributed by atoms with Crippen molar-refractivity contribution in [1.29, 1.82) is 0 Å². The molecule has 0 bridgehead atoms. The fourth-order valence-corrected chi connectivity index (χ4v) is 4.00. The minimum atomic E-state index is 0.0657. The predicted molar refractivity (Wildman–Crippen MR) is 134 cm³/mol. The van der Waals surface area contributed by atoms with Crippen LogP contribution in [-0.2, 0) is 4.79 Å². The minimum Gasteiger partial charge on any atom is -0.337 e. The molecule has 0 atom stereocenters. The van der Waals surface area contributed by atoms with E-state index in [1.807, 2.05) is 48.5 Å². The smallest absolute Gasteiger partial charge is 0.229 e. The topological polar surface area (TPSA) is 105 Å². The van der Waals surface area contributed by atoms with Crippen molar-refractivity contribution in [3.63, 3.8) is 0 Å². The van der Waals surface area contributed by atoms with Gasteiger partial charge in [0.2, 0.25) is 11.9 Å². The number of amides is 1. The second-order valence-electron chi connectivity index (χ2n) is 7.27. The highest BCUT2D eigenvalue weighted by molar-refractivity contribution is 14.1. The van der Waals surface area contributed by atoms with Gasteiger partial charge in [-0.15, -0.1) is 10.2 Å². The van der Waals surface area contributed by atoms with Crippen molar-refractivity contribution < 1.29 is 4.79 Å². The Balaban J connectivity index is 1.33. The molecule has 1 aliphatic carbocycles. The number of para-hydroxylation sites is 2. The average molecular weight is 555 g/mol. The maximum absolute atomic E-state index is 12.2. The van der Waals surface area contributed by atoms with E-state index in [0.717, 1.165) is 44.0 Å². The van der Waals surface area contributed by atoms with Gasteiger partial charge in [-0.1, -0.05) is 23.5 Å². The van der Waals surface area contributed by atoms with E-state index in [9.17, 15) is 4.79 Å². The molecule has 8 nitrogen and oxygen atoms in total. The summed E-state index contributed by atoms with van der Waals surface area (Å²) in [6.07, 6.45) is 3.67. The summed E-state index contributed by atoms with van der Waals surface area (Å²) in [4.78, 5) is 21.2. The third-order valence-electron chi connectivity index (χ3n) is 4.88. The predicted octanol–water partition coefficient (Wildman–Crippen LogP) is 5.44. The molecule has 1 aliphatic rings. The molecule has 160 valence electrons. The fraction of sp³-hybridized carbons (Fsp3) is 0.136. The summed E-state index contributed by atoms with van der Waals surface area (Å²) >= 11 is 3.69. The molecular weight excluding hydrogens is 537 g/mol. The van der Waals surface area contributed by atoms with E-state index in [0.29, 0.717) is 11.8 Å². The lowest BCUT2D eigenvalue weighted by molar-refractivity contribution is -0.117. The first-order valence-electron chi connectivity index (χ1n) is 9.99. The minimum absolute atomic E-state index is 0.0657. The summed E-state index contributed by atoms with van der Waals surface area (Å²) in [6.45, 7) is 0. The van der Waals surface area contributed by atoms with Crippen molar-refractivity contribution in [3.8, 4) is 10.6 Å². The number of anilines is 5. The molecule has 0 unspecified atom stereocenters. The molecule has 2 heterocycles. The molecule has 0 saturated heterocycles. The van der Waals surface area contributed by atoms with Gasteiger partial charge in [0.25, 0.3) is 0 Å². The van der Waals surface area contributed by atoms with Gasteiger partial charge in [-0.25, -0.2) is 4.98 Å². The maximum Gasteiger partial charge on any atom is 0.229 e. The van der Waals surface area contributed by atoms with Crippen LogP contribution in [0, 0.1) is 9.49 Å². The Morgan fingerprint density at radius 2 is 1.81 bits per heavy atom. The van der Waals surface area contributed by atoms with Crippen LogP contribution in [-0.4, -0.2) is 26.1 Å². The summed E-state index contributed by atoms with van der Waals surface area (Å²) in [5.74, 6) is 1.32. The number of nitrogens with one attached hydrogen (secondary N) is 3. The van der Waals surface area contributed by atoms with Gasteiger partial charge >= 0.3 is 0 Å². The Kier molecular flexibility index (Phi) is 5.95. The first-order chi connectivity index (χ1) is 15.7. The van der Waals surface area contributed by atoms with Gasteiger partial charge in [-0.3, -0.25) is 4.79 Å². The van der Waals surface area contributed by atoms with Crippen LogP contribution >= 0.6 is 33.9 Å². The van der Waals surface area contributed by atoms with Gasteiger partial charge < -0.3 is 16.0 Å². The Morgan fingerprint density at radius 1 is 1.03 bits per heavy atom. The van der Waals surface area contributed by atoms with Gasteiger partial charge in [-0.2, -0.15) is 4.98 Å². The van der Waals surface area contributed by atoms with Crippen LogP contribution in [0.3, 0.4) is 0 Å². The van der Waals surface area contributed by atoms with Crippen molar-refractivity contribution in [2.24, 2.45) is 5.92 Å². The Labute approximate surface area is 202 Å². The molecule has 2 aromatic carbocycles. The van der Waals surface area contributed by atoms with Crippen molar-refractivity contribution in [2.75, 3.05) is 16.0 Å². The zero-order valence-electron chi connectivity index (χ0n) is 16.7. The lowest BCUT2D eigenvalue weighted by Gasteiger charge is -2.14. The number of benzene rings is 2. The molecule has 0 spiro atoms. The maximum atomic E-state index is 12.2. The number of hydrogen-bond acceptors (Lipinski definition) is 8. The molecule has 0 aliphatic heterocycles. The molecule has 1 fully saturated rings. The van der Waals surface area contributed by atoms with Crippen LogP contribution in [0.25, 0.3) is 10.6 Å². The van der Waals surface area contributed by atoms with Gasteiger partial charge in [0.05, 0.1) is 14.9 Å². The van der Waals surface area contributed by atoms with Crippen LogP contribution in [0.2, 0.25) is 0 Å². The van der Waals surface area contributed by atoms with E-state index < -0.39 is 0 Å². The van der Waals surface area contributed by atoms with Crippen molar-refractivity contribution >= 4 is 68.7 Å². The van der Waals surface area contributed by atoms with E-state index in [4.69, 9.17) is 0 Å². The normalized spacial score (nSPS) is 12.9. The van der Waals surface area contributed by atoms with Crippen LogP contribution in [0.15, 0.2) is 60.2 Å². The van der Waals surface area contributed by atoms with E-state index in [1.54, 1.807) is 11.7 Å². The lowest BCUT2D eigenvalue weighted by Crippen LogP contribution is -2.14. The number of halogens is 1. The van der Waals surface area contributed by atoms with Gasteiger partial charge in [0.1, 0.15) is 16.3 Å². The molecule has 2 aromatic heterocycles. The zero-order chi connectivity index (χ0) is 21.9. The molecule has 1 amide bonds. The highest BCUT2D eigenvalue weighted by atomic mass is 127. The molecular formula is C22H18IN7OS. The summed E-state index contributed by atoms with van der Waals surface area (Å²) in [5.41, 5.74) is 5.10. The van der Waals surface area contributed by atoms with E-state index >= 15 is 0 Å². The Morgan fingerprint density at radius 3 is 2.53 bits per heavy atom. The summed E-state index contributed by atoms with van der Waals surface area (Å²) in [7, 11) is 0. The Bertz CT molecular complexity index is 1240. The molecule has 3 N–H and O–H groups in total. The largest absolute Gasteiger partial charge is 0.337 e. The zero-order valence-corrected chi connectivity index (χ0v) is 19.7. The van der Waals surface area contributed by atoms with Gasteiger partial charge in [0, 0.05) is 23.4 Å². The SMILES string of the molecule is O=C(Nc1ccccc1Nc1nc(Nc2ccc(-c3nncs3)cc2)ncc1I)C1CC1. The highest BCUT2D eigenvalue weighted by Gasteiger charge is 2.30. The molecule has 10 heteroatoms. The summed E-state index contributed by atoms with van der Waals surface area (Å²) < 4.78 is 0.864. The van der Waals surface area contributed by atoms with Gasteiger partial charge in [0.15, 0.2) is 0 Å². The van der Waals surface area contributed by atoms with Crippen LogP contribution in [0.1, 0.15) is 12.8 Å². The number of carbonyl (C=O) groups is 1. The molecule has 0 radical (unpaired) electrons. The van der Waals surface area contributed by atoms with E-state index in [1.165, 1.54) is 11.3 Å². The molecule has 4 aromatic rings. The van der Waals surface area contributed by atoms with Crippen molar-refractivity contribution in [1.82, 2.24) is 20.2 Å². The second-order valence-corrected chi connectivity index (χ2v) is 9.27. The lowest BCUT2D eigenvalue weighted by atomic mass is 10.2. The summed E-state index contributed by atoms with van der Waals surface area (Å²) in [5, 5.41) is 18.4. The highest BCUT2D eigenvalue weighted by Crippen LogP contribution is 2.33. The standard InChI is InChI=1S/C22H18IN7OS/c23-16-11-24-22(26-15-9-7-14(8-10-15)21-30-25-12-32-21)29-19(16)27-17-3-1-2-4-18(17)28-20(31)13-5-6-13/h1-4,7-13H,5-6H2,(H,28,31)(H2,24,26,27,29). The Hall–Kier alpha value is -3.12. The van der Waals surface area contributed by atoms with Crippen molar-refractivity contribution in [2.45, 2.75) is 12.8 Å². The van der Waals surface area contributed by atoms with Crippen molar-refractivity contribution in [3.05, 3.63) is 63.8 Å².